The summed E-state index contributed by atoms with van der Waals surface area (Å²) in [5, 5.41) is 14.1. The number of tetrazole rings is 1. The first kappa shape index (κ1) is 14.6. The molecule has 0 amide bonds. The molecule has 0 N–H and O–H groups in total. The van der Waals surface area contributed by atoms with Gasteiger partial charge in [0.15, 0.2) is 14.2 Å². The van der Waals surface area contributed by atoms with Gasteiger partial charge in [0.2, 0.25) is 5.16 Å². The molecular weight excluding hydrogens is 350 g/mol. The van der Waals surface area contributed by atoms with Crippen molar-refractivity contribution in [1.82, 2.24) is 25.2 Å². The van der Waals surface area contributed by atoms with Gasteiger partial charge in [-0.2, -0.15) is 0 Å². The molecule has 21 heavy (non-hydrogen) atoms. The fourth-order valence-electron chi connectivity index (χ4n) is 1.46. The maximum Gasteiger partial charge on any atom is 0.216 e. The van der Waals surface area contributed by atoms with E-state index in [1.165, 1.54) is 18.0 Å². The van der Waals surface area contributed by atoms with Gasteiger partial charge in [-0.3, -0.25) is 0 Å². The molecule has 11 heteroatoms. The number of thiazole rings is 1. The van der Waals surface area contributed by atoms with Gasteiger partial charge in [-0.05, 0) is 33.6 Å². The van der Waals surface area contributed by atoms with Gasteiger partial charge in [-0.25, -0.2) is 18.1 Å². The van der Waals surface area contributed by atoms with Gasteiger partial charge in [-0.15, -0.1) is 16.4 Å². The van der Waals surface area contributed by atoms with Crippen molar-refractivity contribution < 1.29 is 8.42 Å². The fourth-order valence-corrected chi connectivity index (χ4v) is 4.98. The lowest BCUT2D eigenvalue weighted by Gasteiger charge is -2.00. The predicted molar refractivity (Wildman–Crippen MR) is 80.6 cm³/mol. The second-order valence-corrected chi connectivity index (χ2v) is 9.54. The number of rotatable bonds is 5. The Morgan fingerprint density at radius 1 is 1.43 bits per heavy atom. The van der Waals surface area contributed by atoms with E-state index in [1.54, 1.807) is 16.0 Å². The second-order valence-electron chi connectivity index (χ2n) is 4.02. The molecule has 0 aliphatic carbocycles. The molecule has 3 rings (SSSR count). The minimum Gasteiger partial charge on any atom is -0.236 e. The van der Waals surface area contributed by atoms with E-state index in [-0.39, 0.29) is 4.21 Å². The smallest absolute Gasteiger partial charge is 0.216 e. The number of nitrogens with zero attached hydrogens (tertiary/aromatic N) is 5. The van der Waals surface area contributed by atoms with E-state index in [0.29, 0.717) is 16.0 Å². The van der Waals surface area contributed by atoms with Crippen LogP contribution in [0.3, 0.4) is 0 Å². The van der Waals surface area contributed by atoms with Crippen LogP contribution >= 0.6 is 34.4 Å². The van der Waals surface area contributed by atoms with Crippen molar-refractivity contribution in [1.29, 1.82) is 0 Å². The molecule has 0 saturated carbocycles. The summed E-state index contributed by atoms with van der Waals surface area (Å²) in [6, 6.07) is 3.97. The van der Waals surface area contributed by atoms with E-state index in [2.05, 4.69) is 20.5 Å². The van der Waals surface area contributed by atoms with Crippen LogP contribution in [0.4, 0.5) is 0 Å². The molecule has 110 valence electrons. The molecule has 0 saturated heterocycles. The standard InChI is InChI=1S/C10H9N5O2S4/c1-21(16,17)8-5-11-10(19-8)20-9-12-13-14-15(9)6-7-3-2-4-18-7/h2-5H,6H2,1H3. The van der Waals surface area contributed by atoms with Gasteiger partial charge in [0.25, 0.3) is 0 Å². The number of hydrogen-bond acceptors (Lipinski definition) is 9. The number of hydrogen-bond donors (Lipinski definition) is 0. The minimum atomic E-state index is -3.23. The molecule has 3 aromatic heterocycles. The van der Waals surface area contributed by atoms with Gasteiger partial charge in [0, 0.05) is 11.1 Å². The Morgan fingerprint density at radius 2 is 2.29 bits per heavy atom. The molecule has 0 aromatic carbocycles. The van der Waals surface area contributed by atoms with E-state index in [4.69, 9.17) is 0 Å². The summed E-state index contributed by atoms with van der Waals surface area (Å²) in [5.74, 6) is 0. The number of sulfone groups is 1. The summed E-state index contributed by atoms with van der Waals surface area (Å²) in [6.07, 6.45) is 2.52. The summed E-state index contributed by atoms with van der Waals surface area (Å²) in [5.41, 5.74) is 0. The molecule has 0 unspecified atom stereocenters. The molecule has 0 aliphatic heterocycles. The molecule has 0 spiro atoms. The zero-order chi connectivity index (χ0) is 14.9. The minimum absolute atomic E-state index is 0.238. The van der Waals surface area contributed by atoms with Crippen molar-refractivity contribution in [2.24, 2.45) is 0 Å². The summed E-state index contributed by atoms with van der Waals surface area (Å²) in [4.78, 5) is 5.23. The van der Waals surface area contributed by atoms with Crippen LogP contribution in [-0.2, 0) is 16.4 Å². The van der Waals surface area contributed by atoms with Crippen LogP contribution in [0.25, 0.3) is 0 Å². The average Bonchev–Trinajstić information content (AvgIpc) is 3.12. The van der Waals surface area contributed by atoms with Gasteiger partial charge >= 0.3 is 0 Å². The normalized spacial score (nSPS) is 11.9. The largest absolute Gasteiger partial charge is 0.236 e. The Hall–Kier alpha value is -1.30. The first-order valence-corrected chi connectivity index (χ1v) is 10.0. The van der Waals surface area contributed by atoms with Crippen LogP contribution in [0, 0.1) is 0 Å². The van der Waals surface area contributed by atoms with Crippen molar-refractivity contribution in [2.45, 2.75) is 20.3 Å². The second kappa shape index (κ2) is 5.83. The topological polar surface area (TPSA) is 90.6 Å². The third-order valence-electron chi connectivity index (χ3n) is 2.39. The van der Waals surface area contributed by atoms with Crippen molar-refractivity contribution in [3.8, 4) is 0 Å². The molecule has 7 nitrogen and oxygen atoms in total. The van der Waals surface area contributed by atoms with Gasteiger partial charge < -0.3 is 0 Å². The highest BCUT2D eigenvalue weighted by molar-refractivity contribution is 8.01. The lowest BCUT2D eigenvalue weighted by Crippen LogP contribution is -2.02. The lowest BCUT2D eigenvalue weighted by molar-refractivity contribution is 0.603. The molecule has 0 aliphatic rings. The molecule has 0 fully saturated rings. The van der Waals surface area contributed by atoms with Crippen molar-refractivity contribution >= 4 is 44.3 Å². The monoisotopic (exact) mass is 359 g/mol. The molecule has 0 atom stereocenters. The van der Waals surface area contributed by atoms with Gasteiger partial charge in [-0.1, -0.05) is 17.4 Å². The summed E-state index contributed by atoms with van der Waals surface area (Å²) in [7, 11) is -3.23. The van der Waals surface area contributed by atoms with Crippen LogP contribution in [0.5, 0.6) is 0 Å². The zero-order valence-electron chi connectivity index (χ0n) is 10.7. The molecule has 0 radical (unpaired) electrons. The SMILES string of the molecule is CS(=O)(=O)c1cnc(Sc2nnnn2Cc2cccs2)s1. The first-order valence-electron chi connectivity index (χ1n) is 5.64. The molecule has 0 bridgehead atoms. The Labute approximate surface area is 133 Å². The zero-order valence-corrected chi connectivity index (χ0v) is 14.0. The maximum absolute atomic E-state index is 11.4. The van der Waals surface area contributed by atoms with E-state index in [0.717, 1.165) is 22.5 Å². The van der Waals surface area contributed by atoms with Crippen LogP contribution in [-0.4, -0.2) is 39.9 Å². The van der Waals surface area contributed by atoms with Crippen LogP contribution in [0.1, 0.15) is 4.88 Å². The van der Waals surface area contributed by atoms with Crippen LogP contribution in [0.2, 0.25) is 0 Å². The molecular formula is C10H9N5O2S4. The predicted octanol–water partition coefficient (Wildman–Crippen LogP) is 1.79. The van der Waals surface area contributed by atoms with E-state index in [1.807, 2.05) is 17.5 Å². The summed E-state index contributed by atoms with van der Waals surface area (Å²) < 4.78 is 25.4. The fraction of sp³-hybridized carbons (Fsp3) is 0.200. The third kappa shape index (κ3) is 3.48. The Balaban J connectivity index is 1.79. The van der Waals surface area contributed by atoms with Crippen molar-refractivity contribution in [3.05, 3.63) is 28.6 Å². The van der Waals surface area contributed by atoms with E-state index >= 15 is 0 Å². The average molecular weight is 359 g/mol. The molecule has 3 aromatic rings. The Morgan fingerprint density at radius 3 is 2.95 bits per heavy atom. The Bertz CT molecular complexity index is 837. The quantitative estimate of drug-likeness (QED) is 0.686. The number of aromatic nitrogens is 5. The third-order valence-corrected chi connectivity index (χ3v) is 7.09. The van der Waals surface area contributed by atoms with Crippen molar-refractivity contribution in [3.63, 3.8) is 0 Å². The van der Waals surface area contributed by atoms with E-state index < -0.39 is 9.84 Å². The van der Waals surface area contributed by atoms with Crippen molar-refractivity contribution in [2.75, 3.05) is 6.26 Å². The van der Waals surface area contributed by atoms with Gasteiger partial charge in [0.05, 0.1) is 12.7 Å². The van der Waals surface area contributed by atoms with E-state index in [9.17, 15) is 8.42 Å². The maximum atomic E-state index is 11.4. The molecule has 3 heterocycles. The highest BCUT2D eigenvalue weighted by Gasteiger charge is 2.16. The Kier molecular flexibility index (Phi) is 4.06. The highest BCUT2D eigenvalue weighted by atomic mass is 32.2. The summed E-state index contributed by atoms with van der Waals surface area (Å²) in [6.45, 7) is 0.581. The lowest BCUT2D eigenvalue weighted by atomic mass is 10.5. The van der Waals surface area contributed by atoms with Crippen LogP contribution < -0.4 is 0 Å². The summed E-state index contributed by atoms with van der Waals surface area (Å²) >= 11 is 3.99. The number of thiophene rings is 1. The first-order chi connectivity index (χ1) is 10.0. The highest BCUT2D eigenvalue weighted by Crippen LogP contribution is 2.31. The van der Waals surface area contributed by atoms with Gasteiger partial charge in [0.1, 0.15) is 4.21 Å². The van der Waals surface area contributed by atoms with Crippen LogP contribution in [0.15, 0.2) is 37.4 Å².